The molecule has 3 nitrogen and oxygen atoms in total. The van der Waals surface area contributed by atoms with Crippen molar-refractivity contribution < 1.29 is 26.3 Å². The normalized spacial score (nSPS) is 22.8. The van der Waals surface area contributed by atoms with Crippen molar-refractivity contribution in [2.24, 2.45) is 16.0 Å². The molecule has 5 rings (SSSR count). The van der Waals surface area contributed by atoms with Crippen LogP contribution in [0.5, 0.6) is 0 Å². The Labute approximate surface area is 239 Å². The van der Waals surface area contributed by atoms with Crippen molar-refractivity contribution in [1.82, 2.24) is 0 Å². The Bertz CT molecular complexity index is 1320. The molecular weight excluding hydrogens is 560 g/mol. The number of hydrogen-bond donors (Lipinski definition) is 1. The summed E-state index contributed by atoms with van der Waals surface area (Å²) >= 11 is 0. The molecule has 1 unspecified atom stereocenters. The van der Waals surface area contributed by atoms with Crippen LogP contribution in [0.15, 0.2) is 45.8 Å². The fraction of sp³-hybridized carbons (Fsp3) is 0.516. The van der Waals surface area contributed by atoms with Crippen molar-refractivity contribution in [3.63, 3.8) is 0 Å². The van der Waals surface area contributed by atoms with Crippen LogP contribution in [0.2, 0.25) is 0 Å². The number of halogens is 6. The largest absolute Gasteiger partial charge is 0.416 e. The van der Waals surface area contributed by atoms with Crippen LogP contribution in [0.3, 0.4) is 0 Å². The zero-order valence-electron chi connectivity index (χ0n) is 23.5. The number of nitrogens with two attached hydrogens (primary N) is 1. The van der Waals surface area contributed by atoms with E-state index in [1.165, 1.54) is 36.8 Å². The molecule has 2 aromatic rings. The molecular formula is C31H37F6N3S. The fourth-order valence-corrected chi connectivity index (χ4v) is 9.69. The third kappa shape index (κ3) is 6.42. The molecule has 2 aromatic carbocycles. The number of fused-ring (bicyclic) bond motifs is 1. The van der Waals surface area contributed by atoms with Crippen LogP contribution in [-0.4, -0.2) is 18.8 Å². The van der Waals surface area contributed by atoms with Crippen molar-refractivity contribution in [1.29, 1.82) is 0 Å². The molecule has 0 spiro atoms. The molecule has 3 aliphatic rings. The van der Waals surface area contributed by atoms with E-state index in [-0.39, 0.29) is 17.4 Å². The molecule has 0 amide bonds. The summed E-state index contributed by atoms with van der Waals surface area (Å²) in [5.74, 6) is 0.888. The Morgan fingerprint density at radius 1 is 0.878 bits per heavy atom. The second kappa shape index (κ2) is 11.2. The first-order valence-electron chi connectivity index (χ1n) is 14.3. The van der Waals surface area contributed by atoms with E-state index in [2.05, 4.69) is 24.0 Å². The first kappa shape index (κ1) is 29.9. The Hall–Kier alpha value is -2.62. The number of hydrogen-bond acceptors (Lipinski definition) is 3. The number of alkyl halides is 6. The summed E-state index contributed by atoms with van der Waals surface area (Å²) < 4.78 is 87.0. The van der Waals surface area contributed by atoms with Gasteiger partial charge < -0.3 is 10.6 Å². The standard InChI is InChI=1S/C31H37F6N3S/c1-3-40(17-21-7-4-5-8-21)28-15-24-10-6-9-23(24)14-25(28)19-41(29(38)11-20(2)39-41)18-22-12-26(30(32,33)34)16-27(13-22)31(35,36)37/h11-16,21H,3-10,17-19,38H2,1-2H3. The Morgan fingerprint density at radius 2 is 1.49 bits per heavy atom. The van der Waals surface area contributed by atoms with E-state index >= 15 is 0 Å². The number of allylic oxidation sites excluding steroid dienone is 1. The molecule has 1 fully saturated rings. The van der Waals surface area contributed by atoms with E-state index < -0.39 is 33.7 Å². The quantitative estimate of drug-likeness (QED) is 0.309. The number of anilines is 1. The SMILES string of the molecule is CCN(CC1CCCC1)c1cc2c(cc1CS1(Cc3cc(C(F)(F)F)cc(C(F)(F)F)c3)N=C(C)C=C1N)CCC2. The number of nitrogens with zero attached hydrogens (tertiary/aromatic N) is 2. The maximum atomic E-state index is 13.7. The first-order chi connectivity index (χ1) is 19.3. The van der Waals surface area contributed by atoms with Gasteiger partial charge in [0, 0.05) is 36.0 Å². The molecule has 224 valence electrons. The lowest BCUT2D eigenvalue weighted by Gasteiger charge is -2.37. The predicted molar refractivity (Wildman–Crippen MR) is 155 cm³/mol. The predicted octanol–water partition coefficient (Wildman–Crippen LogP) is 8.92. The third-order valence-corrected chi connectivity index (χ3v) is 11.8. The van der Waals surface area contributed by atoms with E-state index in [9.17, 15) is 26.3 Å². The summed E-state index contributed by atoms with van der Waals surface area (Å²) in [6.45, 7) is 5.64. The molecule has 1 saturated carbocycles. The van der Waals surface area contributed by atoms with Gasteiger partial charge in [-0.05, 0) is 104 Å². The molecule has 2 N–H and O–H groups in total. The zero-order valence-corrected chi connectivity index (χ0v) is 24.3. The Kier molecular flexibility index (Phi) is 8.18. The van der Waals surface area contributed by atoms with Crippen molar-refractivity contribution in [3.05, 3.63) is 74.8 Å². The molecule has 10 heteroatoms. The summed E-state index contributed by atoms with van der Waals surface area (Å²) in [7, 11) is -2.36. The number of aryl methyl sites for hydroxylation is 2. The fourth-order valence-electron chi connectivity index (χ4n) is 6.56. The highest BCUT2D eigenvalue weighted by Crippen LogP contribution is 2.63. The number of rotatable bonds is 8. The lowest BCUT2D eigenvalue weighted by molar-refractivity contribution is -0.143. The monoisotopic (exact) mass is 597 g/mol. The molecule has 1 atom stereocenters. The average molecular weight is 598 g/mol. The molecule has 0 bridgehead atoms. The average Bonchev–Trinajstić information content (AvgIpc) is 3.62. The minimum absolute atomic E-state index is 0.0574. The summed E-state index contributed by atoms with van der Waals surface area (Å²) in [6.07, 6.45) is -0.220. The number of benzene rings is 2. The summed E-state index contributed by atoms with van der Waals surface area (Å²) in [5, 5.41) is 0.436. The Morgan fingerprint density at radius 3 is 2.02 bits per heavy atom. The van der Waals surface area contributed by atoms with Crippen LogP contribution in [0.4, 0.5) is 32.0 Å². The van der Waals surface area contributed by atoms with Crippen LogP contribution in [0.1, 0.15) is 79.3 Å². The van der Waals surface area contributed by atoms with Gasteiger partial charge in [-0.1, -0.05) is 29.1 Å². The van der Waals surface area contributed by atoms with E-state index in [1.807, 2.05) is 0 Å². The van der Waals surface area contributed by atoms with Crippen LogP contribution < -0.4 is 10.6 Å². The van der Waals surface area contributed by atoms with Crippen molar-refractivity contribution in [2.75, 3.05) is 18.0 Å². The van der Waals surface area contributed by atoms with E-state index in [0.717, 1.165) is 55.7 Å². The minimum Gasteiger partial charge on any atom is -0.393 e. The second-order valence-electron chi connectivity index (χ2n) is 11.6. The highest BCUT2D eigenvalue weighted by Gasteiger charge is 2.39. The van der Waals surface area contributed by atoms with Crippen molar-refractivity contribution in [2.45, 2.75) is 82.7 Å². The van der Waals surface area contributed by atoms with E-state index in [4.69, 9.17) is 10.1 Å². The van der Waals surface area contributed by atoms with Crippen LogP contribution in [0.25, 0.3) is 0 Å². The van der Waals surface area contributed by atoms with Gasteiger partial charge in [-0.15, -0.1) is 0 Å². The topological polar surface area (TPSA) is 41.6 Å². The van der Waals surface area contributed by atoms with Gasteiger partial charge in [0.05, 0.1) is 16.2 Å². The maximum absolute atomic E-state index is 13.7. The summed E-state index contributed by atoms with van der Waals surface area (Å²) in [6, 6.07) is 6.29. The van der Waals surface area contributed by atoms with Gasteiger partial charge in [-0.3, -0.25) is 0 Å². The van der Waals surface area contributed by atoms with Gasteiger partial charge in [-0.2, -0.15) is 26.3 Å². The van der Waals surface area contributed by atoms with Gasteiger partial charge in [0.1, 0.15) is 0 Å². The van der Waals surface area contributed by atoms with Gasteiger partial charge in [0.2, 0.25) is 0 Å². The minimum atomic E-state index is -4.91. The molecule has 2 aliphatic carbocycles. The van der Waals surface area contributed by atoms with Crippen molar-refractivity contribution in [3.8, 4) is 0 Å². The van der Waals surface area contributed by atoms with Gasteiger partial charge in [-0.25, -0.2) is 4.40 Å². The molecule has 0 radical (unpaired) electrons. The third-order valence-electron chi connectivity index (χ3n) is 8.52. The highest BCUT2D eigenvalue weighted by atomic mass is 32.3. The second-order valence-corrected chi connectivity index (χ2v) is 14.5. The van der Waals surface area contributed by atoms with Gasteiger partial charge >= 0.3 is 12.4 Å². The molecule has 1 aliphatic heterocycles. The molecule has 0 saturated heterocycles. The van der Waals surface area contributed by atoms with E-state index in [1.54, 1.807) is 13.0 Å². The Balaban J connectivity index is 1.58. The van der Waals surface area contributed by atoms with Gasteiger partial charge in [0.25, 0.3) is 0 Å². The van der Waals surface area contributed by atoms with Crippen molar-refractivity contribution >= 4 is 21.6 Å². The lowest BCUT2D eigenvalue weighted by Crippen LogP contribution is -2.29. The maximum Gasteiger partial charge on any atom is 0.416 e. The van der Waals surface area contributed by atoms with Gasteiger partial charge in [0.15, 0.2) is 0 Å². The molecule has 0 aromatic heterocycles. The zero-order chi connectivity index (χ0) is 29.6. The first-order valence-corrected chi connectivity index (χ1v) is 16.2. The smallest absolute Gasteiger partial charge is 0.393 e. The summed E-state index contributed by atoms with van der Waals surface area (Å²) in [4.78, 5) is 2.40. The summed E-state index contributed by atoms with van der Waals surface area (Å²) in [5.41, 5.74) is 9.23. The van der Waals surface area contributed by atoms with Crippen LogP contribution in [-0.2, 0) is 36.7 Å². The molecule has 1 heterocycles. The highest BCUT2D eigenvalue weighted by molar-refractivity contribution is 8.34. The molecule has 41 heavy (non-hydrogen) atoms. The van der Waals surface area contributed by atoms with Crippen LogP contribution >= 0.6 is 10.2 Å². The van der Waals surface area contributed by atoms with Crippen LogP contribution in [0, 0.1) is 5.92 Å². The van der Waals surface area contributed by atoms with E-state index in [0.29, 0.717) is 22.4 Å². The lowest BCUT2D eigenvalue weighted by atomic mass is 10.0.